The van der Waals surface area contributed by atoms with Crippen LogP contribution >= 0.6 is 0 Å². The fraction of sp³-hybridized carbons (Fsp3) is 0.692. The Hall–Kier alpha value is -1.96. The number of hydrogen-bond acceptors (Lipinski definition) is 6. The van der Waals surface area contributed by atoms with E-state index in [-0.39, 0.29) is 17.9 Å². The molecule has 0 N–H and O–H groups in total. The van der Waals surface area contributed by atoms with Crippen LogP contribution in [-0.2, 0) is 20.9 Å². The van der Waals surface area contributed by atoms with Gasteiger partial charge in [-0.15, -0.1) is 0 Å². The van der Waals surface area contributed by atoms with Gasteiger partial charge in [0.25, 0.3) is 0 Å². The third-order valence-corrected chi connectivity index (χ3v) is 7.59. The van der Waals surface area contributed by atoms with Crippen LogP contribution in [0.2, 0.25) is 0 Å². The molecular weight excluding hydrogens is 418 g/mol. The van der Waals surface area contributed by atoms with Crippen LogP contribution in [0.5, 0.6) is 5.75 Å². The largest absolute Gasteiger partial charge is 0.497 e. The fourth-order valence-electron chi connectivity index (χ4n) is 5.16. The van der Waals surface area contributed by atoms with Gasteiger partial charge in [-0.1, -0.05) is 19.1 Å². The van der Waals surface area contributed by atoms with Crippen LogP contribution in [0.25, 0.3) is 0 Å². The van der Waals surface area contributed by atoms with Crippen LogP contribution in [0.15, 0.2) is 24.3 Å². The lowest BCUT2D eigenvalue weighted by Gasteiger charge is -2.40. The Morgan fingerprint density at radius 3 is 2.48 bits per heavy atom. The van der Waals surface area contributed by atoms with Gasteiger partial charge in [-0.05, 0) is 75.5 Å². The molecule has 0 bridgehead atoms. The number of benzene rings is 1. The molecule has 1 aromatic rings. The lowest BCUT2D eigenvalue weighted by Crippen LogP contribution is -2.44. The molecule has 2 aliphatic heterocycles. The summed E-state index contributed by atoms with van der Waals surface area (Å²) in [6.45, 7) is 8.72. The van der Waals surface area contributed by atoms with E-state index in [1.807, 2.05) is 17.0 Å². The highest BCUT2D eigenvalue weighted by Gasteiger charge is 2.37. The van der Waals surface area contributed by atoms with E-state index in [9.17, 15) is 9.59 Å². The summed E-state index contributed by atoms with van der Waals surface area (Å²) >= 11 is 0. The second-order valence-corrected chi connectivity index (χ2v) is 10.1. The molecule has 1 aromatic carbocycles. The molecule has 0 radical (unpaired) electrons. The minimum atomic E-state index is -0.216. The summed E-state index contributed by atoms with van der Waals surface area (Å²) in [6.07, 6.45) is 3.95. The third kappa shape index (κ3) is 7.01. The molecule has 2 unspecified atom stereocenters. The summed E-state index contributed by atoms with van der Waals surface area (Å²) in [7, 11) is 5.37. The average Bonchev–Trinajstić information content (AvgIpc) is 3.20. The maximum absolute atomic E-state index is 12.2. The van der Waals surface area contributed by atoms with Crippen molar-refractivity contribution in [2.45, 2.75) is 32.7 Å². The maximum Gasteiger partial charge on any atom is 0.248 e. The molecule has 2 aliphatic rings. The van der Waals surface area contributed by atoms with Gasteiger partial charge in [-0.25, -0.2) is 0 Å². The number of methoxy groups -OCH3 is 2. The molecule has 7 nitrogen and oxygen atoms in total. The zero-order valence-corrected chi connectivity index (χ0v) is 20.8. The smallest absolute Gasteiger partial charge is 0.248 e. The number of likely N-dealkylation sites (tertiary alicyclic amines) is 2. The molecule has 33 heavy (non-hydrogen) atoms. The van der Waals surface area contributed by atoms with Crippen molar-refractivity contribution in [3.8, 4) is 5.75 Å². The molecule has 0 aliphatic carbocycles. The van der Waals surface area contributed by atoms with Gasteiger partial charge in [0.1, 0.15) is 18.6 Å². The van der Waals surface area contributed by atoms with Crippen molar-refractivity contribution in [3.63, 3.8) is 0 Å². The highest BCUT2D eigenvalue weighted by Crippen LogP contribution is 2.34. The summed E-state index contributed by atoms with van der Waals surface area (Å²) in [6, 6.07) is 8.17. The lowest BCUT2D eigenvalue weighted by molar-refractivity contribution is -0.134. The van der Waals surface area contributed by atoms with Crippen LogP contribution in [0.3, 0.4) is 0 Å². The first-order chi connectivity index (χ1) is 15.9. The van der Waals surface area contributed by atoms with Gasteiger partial charge in [0.05, 0.1) is 7.11 Å². The van der Waals surface area contributed by atoms with Gasteiger partial charge in [0.15, 0.2) is 0 Å². The first-order valence-electron chi connectivity index (χ1n) is 12.1. The molecule has 3 rings (SSSR count). The van der Waals surface area contributed by atoms with E-state index < -0.39 is 0 Å². The van der Waals surface area contributed by atoms with Crippen LogP contribution in [0, 0.1) is 17.3 Å². The molecule has 2 fully saturated rings. The molecule has 7 heteroatoms. The first kappa shape index (κ1) is 25.7. The van der Waals surface area contributed by atoms with Crippen molar-refractivity contribution in [2.75, 3.05) is 67.1 Å². The lowest BCUT2D eigenvalue weighted by atomic mass is 9.76. The van der Waals surface area contributed by atoms with Crippen molar-refractivity contribution < 1.29 is 19.1 Å². The predicted molar refractivity (Wildman–Crippen MR) is 129 cm³/mol. The normalized spacial score (nSPS) is 23.1. The number of piperidine rings is 1. The minimum Gasteiger partial charge on any atom is -0.497 e. The first-order valence-corrected chi connectivity index (χ1v) is 12.1. The number of hydrogen-bond donors (Lipinski definition) is 0. The summed E-state index contributed by atoms with van der Waals surface area (Å²) in [5, 5.41) is 0. The molecule has 0 spiro atoms. The zero-order valence-electron chi connectivity index (χ0n) is 20.8. The summed E-state index contributed by atoms with van der Waals surface area (Å²) in [4.78, 5) is 31.0. The van der Waals surface area contributed by atoms with Crippen LogP contribution in [-0.4, -0.2) is 94.0 Å². The summed E-state index contributed by atoms with van der Waals surface area (Å²) in [5.74, 6) is 1.94. The SMILES string of the molecule is COCC(=O)N1CC(C)C(CN2CCC(C=O)(CCN(C)Cc3ccc(OC)cc3)CC2)C1. The van der Waals surface area contributed by atoms with Crippen molar-refractivity contribution in [2.24, 2.45) is 17.3 Å². The minimum absolute atomic E-state index is 0.0872. The van der Waals surface area contributed by atoms with Crippen molar-refractivity contribution >= 4 is 12.2 Å². The van der Waals surface area contributed by atoms with Crippen LogP contribution in [0.4, 0.5) is 0 Å². The van der Waals surface area contributed by atoms with E-state index >= 15 is 0 Å². The van der Waals surface area contributed by atoms with Crippen molar-refractivity contribution in [1.29, 1.82) is 0 Å². The number of amides is 1. The molecule has 0 aromatic heterocycles. The van der Waals surface area contributed by atoms with E-state index in [4.69, 9.17) is 9.47 Å². The quantitative estimate of drug-likeness (QED) is 0.474. The van der Waals surface area contributed by atoms with Gasteiger partial charge >= 0.3 is 0 Å². The number of carbonyl (C=O) groups excluding carboxylic acids is 2. The number of aldehydes is 1. The molecular formula is C26H41N3O4. The molecule has 0 saturated carbocycles. The van der Waals surface area contributed by atoms with Crippen LogP contribution < -0.4 is 4.74 Å². The van der Waals surface area contributed by atoms with E-state index in [0.717, 1.165) is 70.8 Å². The topological polar surface area (TPSA) is 62.3 Å². The third-order valence-electron chi connectivity index (χ3n) is 7.59. The predicted octanol–water partition coefficient (Wildman–Crippen LogP) is 2.54. The highest BCUT2D eigenvalue weighted by atomic mass is 16.5. The Bertz CT molecular complexity index is 761. The highest BCUT2D eigenvalue weighted by molar-refractivity contribution is 5.77. The Labute approximate surface area is 199 Å². The number of carbonyl (C=O) groups is 2. The standard InChI is InChI=1S/C26H41N3O4/c1-21-15-29(25(31)19-32-3)18-23(21)17-28-13-10-26(20-30,11-14-28)9-12-27(2)16-22-5-7-24(33-4)8-6-22/h5-8,20-21,23H,9-19H2,1-4H3. The van der Waals surface area contributed by atoms with Crippen LogP contribution in [0.1, 0.15) is 31.7 Å². The molecule has 2 heterocycles. The maximum atomic E-state index is 12.2. The Kier molecular flexibility index (Phi) is 9.29. The van der Waals surface area contributed by atoms with Gasteiger partial charge in [-0.3, -0.25) is 4.79 Å². The summed E-state index contributed by atoms with van der Waals surface area (Å²) < 4.78 is 10.2. The second kappa shape index (κ2) is 12.0. The molecule has 2 atom stereocenters. The van der Waals surface area contributed by atoms with Gasteiger partial charge in [-0.2, -0.15) is 0 Å². The van der Waals surface area contributed by atoms with Crippen molar-refractivity contribution in [1.82, 2.24) is 14.7 Å². The fourth-order valence-corrected chi connectivity index (χ4v) is 5.16. The van der Waals surface area contributed by atoms with Gasteiger partial charge in [0, 0.05) is 38.7 Å². The second-order valence-electron chi connectivity index (χ2n) is 10.1. The summed E-state index contributed by atoms with van der Waals surface area (Å²) in [5.41, 5.74) is 1.03. The van der Waals surface area contributed by atoms with E-state index in [0.29, 0.717) is 11.8 Å². The average molecular weight is 460 g/mol. The number of ether oxygens (including phenoxy) is 2. The molecule has 184 valence electrons. The Balaban J connectivity index is 1.43. The Morgan fingerprint density at radius 2 is 1.88 bits per heavy atom. The Morgan fingerprint density at radius 1 is 1.18 bits per heavy atom. The van der Waals surface area contributed by atoms with E-state index in [1.54, 1.807) is 14.2 Å². The zero-order chi connectivity index (χ0) is 23.8. The van der Waals surface area contributed by atoms with Gasteiger partial charge < -0.3 is 29.0 Å². The number of nitrogens with zero attached hydrogens (tertiary/aromatic N) is 3. The molecule has 1 amide bonds. The molecule has 2 saturated heterocycles. The monoisotopic (exact) mass is 459 g/mol. The van der Waals surface area contributed by atoms with Crippen molar-refractivity contribution in [3.05, 3.63) is 29.8 Å². The van der Waals surface area contributed by atoms with E-state index in [2.05, 4.69) is 35.9 Å². The number of rotatable bonds is 11. The van der Waals surface area contributed by atoms with Gasteiger partial charge in [0.2, 0.25) is 5.91 Å². The van der Waals surface area contributed by atoms with E-state index in [1.165, 1.54) is 11.8 Å².